The molecule has 178 valence electrons. The molecule has 8 heteroatoms. The Kier molecular flexibility index (Phi) is 7.31. The van der Waals surface area contributed by atoms with Crippen LogP contribution in [0.15, 0.2) is 22.4 Å². The number of aryl methyl sites for hydroxylation is 1. The van der Waals surface area contributed by atoms with Gasteiger partial charge in [-0.2, -0.15) is 10.4 Å². The van der Waals surface area contributed by atoms with Crippen molar-refractivity contribution in [1.82, 2.24) is 14.9 Å². The van der Waals surface area contributed by atoms with Crippen LogP contribution in [-0.4, -0.2) is 28.4 Å². The third kappa shape index (κ3) is 4.98. The molecule has 0 spiro atoms. The molecule has 0 saturated heterocycles. The average molecular weight is 468 g/mol. The first-order chi connectivity index (χ1) is 15.4. The lowest BCUT2D eigenvalue weighted by Crippen LogP contribution is -2.48. The van der Waals surface area contributed by atoms with Gasteiger partial charge in [-0.25, -0.2) is 4.68 Å². The lowest BCUT2D eigenvalue weighted by Gasteiger charge is -2.47. The highest BCUT2D eigenvalue weighted by Gasteiger charge is 2.36. The van der Waals surface area contributed by atoms with Crippen molar-refractivity contribution in [2.45, 2.75) is 85.2 Å². The van der Waals surface area contributed by atoms with E-state index in [1.807, 2.05) is 0 Å². The Morgan fingerprint density at radius 1 is 1.30 bits per heavy atom. The first kappa shape index (κ1) is 25.3. The molecule has 0 aliphatic carbocycles. The van der Waals surface area contributed by atoms with Crippen molar-refractivity contribution in [2.75, 3.05) is 18.0 Å². The van der Waals surface area contributed by atoms with E-state index in [-0.39, 0.29) is 11.0 Å². The summed E-state index contributed by atoms with van der Waals surface area (Å²) < 4.78 is 1.79. The van der Waals surface area contributed by atoms with Gasteiger partial charge < -0.3 is 4.90 Å². The Hall–Kier alpha value is -2.29. The third-order valence-electron chi connectivity index (χ3n) is 6.49. The summed E-state index contributed by atoms with van der Waals surface area (Å²) in [7, 11) is 2.50. The Labute approximate surface area is 200 Å². The van der Waals surface area contributed by atoms with E-state index in [1.165, 1.54) is 11.3 Å². The molecular formula is C25H38N7P. The summed E-state index contributed by atoms with van der Waals surface area (Å²) in [5.41, 5.74) is 5.64. The van der Waals surface area contributed by atoms with E-state index in [4.69, 9.17) is 5.10 Å². The second-order valence-electron chi connectivity index (χ2n) is 10.6. The Balaban J connectivity index is 2.09. The molecule has 0 amide bonds. The standard InChI is InChI=1S/C25H38N7P/c1-9-31-21-12-16(2)20(13-18(21)17(3)14-25(31,7)8)28-29-23-19(15-26)22(24(4,5)6)30-32(23)11-10-27-33/h12-13,17,27H,9-11,14,33H2,1-8H3. The fourth-order valence-electron chi connectivity index (χ4n) is 4.94. The monoisotopic (exact) mass is 467 g/mol. The number of hydrogen-bond acceptors (Lipinski definition) is 6. The number of nitriles is 1. The van der Waals surface area contributed by atoms with Gasteiger partial charge in [0.25, 0.3) is 0 Å². The Morgan fingerprint density at radius 3 is 2.58 bits per heavy atom. The zero-order valence-electron chi connectivity index (χ0n) is 21.3. The quantitative estimate of drug-likeness (QED) is 0.401. The average Bonchev–Trinajstić information content (AvgIpc) is 3.08. The van der Waals surface area contributed by atoms with Crippen molar-refractivity contribution in [1.29, 1.82) is 5.26 Å². The summed E-state index contributed by atoms with van der Waals surface area (Å²) in [4.78, 5) is 2.49. The number of anilines is 1. The predicted molar refractivity (Wildman–Crippen MR) is 139 cm³/mol. The highest BCUT2D eigenvalue weighted by molar-refractivity contribution is 7.13. The van der Waals surface area contributed by atoms with Crippen molar-refractivity contribution in [3.63, 3.8) is 0 Å². The van der Waals surface area contributed by atoms with Gasteiger partial charge in [-0.05, 0) is 63.3 Å². The fourth-order valence-corrected chi connectivity index (χ4v) is 5.07. The lowest BCUT2D eigenvalue weighted by atomic mass is 9.79. The number of azo groups is 1. The van der Waals surface area contributed by atoms with E-state index in [0.29, 0.717) is 30.4 Å². The molecule has 1 aromatic carbocycles. The fraction of sp³-hybridized carbons (Fsp3) is 0.600. The summed E-state index contributed by atoms with van der Waals surface area (Å²) in [5, 5.41) is 27.0. The minimum absolute atomic E-state index is 0.125. The first-order valence-corrected chi connectivity index (χ1v) is 12.3. The minimum atomic E-state index is -0.261. The number of benzene rings is 1. The van der Waals surface area contributed by atoms with Crippen molar-refractivity contribution in [2.24, 2.45) is 10.2 Å². The van der Waals surface area contributed by atoms with Gasteiger partial charge in [0, 0.05) is 29.7 Å². The number of nitrogens with zero attached hydrogens (tertiary/aromatic N) is 6. The largest absolute Gasteiger partial charge is 0.366 e. The van der Waals surface area contributed by atoms with Crippen molar-refractivity contribution in [3.05, 3.63) is 34.5 Å². The Bertz CT molecular complexity index is 1090. The van der Waals surface area contributed by atoms with E-state index in [0.717, 1.165) is 29.9 Å². The minimum Gasteiger partial charge on any atom is -0.366 e. The van der Waals surface area contributed by atoms with E-state index < -0.39 is 0 Å². The molecule has 1 aliphatic rings. The van der Waals surface area contributed by atoms with Gasteiger partial charge in [0.2, 0.25) is 0 Å². The molecule has 1 N–H and O–H groups in total. The highest BCUT2D eigenvalue weighted by atomic mass is 31.0. The van der Waals surface area contributed by atoms with E-state index in [1.54, 1.807) is 4.68 Å². The molecule has 0 bridgehead atoms. The summed E-state index contributed by atoms with van der Waals surface area (Å²) >= 11 is 0. The molecule has 1 aromatic heterocycles. The normalized spacial score (nSPS) is 17.9. The van der Waals surface area contributed by atoms with Gasteiger partial charge in [0.15, 0.2) is 5.82 Å². The maximum Gasteiger partial charge on any atom is 0.191 e. The van der Waals surface area contributed by atoms with Gasteiger partial charge in [-0.3, -0.25) is 5.09 Å². The number of nitrogens with one attached hydrogen (secondary N) is 1. The molecule has 2 heterocycles. The molecule has 2 aromatic rings. The molecule has 1 aliphatic heterocycles. The third-order valence-corrected chi connectivity index (χ3v) is 6.78. The molecular weight excluding hydrogens is 429 g/mol. The van der Waals surface area contributed by atoms with Crippen molar-refractivity contribution >= 4 is 26.6 Å². The molecule has 0 saturated carbocycles. The highest BCUT2D eigenvalue weighted by Crippen LogP contribution is 2.45. The maximum atomic E-state index is 9.92. The van der Waals surface area contributed by atoms with E-state index >= 15 is 0 Å². The van der Waals surface area contributed by atoms with Crippen LogP contribution < -0.4 is 9.99 Å². The lowest BCUT2D eigenvalue weighted by molar-refractivity contribution is 0.381. The molecule has 7 nitrogen and oxygen atoms in total. The number of rotatable bonds is 6. The van der Waals surface area contributed by atoms with Crippen LogP contribution in [0.4, 0.5) is 17.2 Å². The molecule has 0 radical (unpaired) electrons. The number of fused-ring (bicyclic) bond motifs is 1. The van der Waals surface area contributed by atoms with Crippen molar-refractivity contribution in [3.8, 4) is 6.07 Å². The molecule has 33 heavy (non-hydrogen) atoms. The van der Waals surface area contributed by atoms with Crippen LogP contribution in [0.1, 0.15) is 83.2 Å². The second-order valence-corrected chi connectivity index (χ2v) is 11.1. The van der Waals surface area contributed by atoms with Crippen LogP contribution in [0.3, 0.4) is 0 Å². The SMILES string of the molecule is CCN1c2cc(C)c(N=Nc3c(C#N)c(C(C)(C)C)nn3CCNP)cc2C(C)CC1(C)C. The smallest absolute Gasteiger partial charge is 0.191 e. The van der Waals surface area contributed by atoms with Crippen LogP contribution in [0.2, 0.25) is 0 Å². The summed E-state index contributed by atoms with van der Waals surface area (Å²) in [5.74, 6) is 0.956. The van der Waals surface area contributed by atoms with Crippen LogP contribution in [0.5, 0.6) is 0 Å². The van der Waals surface area contributed by atoms with Gasteiger partial charge in [0.05, 0.1) is 17.9 Å². The summed E-state index contributed by atoms with van der Waals surface area (Å²) in [6, 6.07) is 6.75. The summed E-state index contributed by atoms with van der Waals surface area (Å²) in [6.07, 6.45) is 1.09. The molecule has 3 rings (SSSR count). The predicted octanol–water partition coefficient (Wildman–Crippen LogP) is 6.27. The topological polar surface area (TPSA) is 81.6 Å². The molecule has 0 fully saturated rings. The zero-order valence-corrected chi connectivity index (χ0v) is 22.5. The second kappa shape index (κ2) is 9.52. The number of aromatic nitrogens is 2. The van der Waals surface area contributed by atoms with E-state index in [2.05, 4.69) is 103 Å². The van der Waals surface area contributed by atoms with Gasteiger partial charge >= 0.3 is 0 Å². The number of hydrogen-bond donors (Lipinski definition) is 1. The van der Waals surface area contributed by atoms with Gasteiger partial charge in [-0.1, -0.05) is 37.1 Å². The Morgan fingerprint density at radius 2 is 2.00 bits per heavy atom. The van der Waals surface area contributed by atoms with Crippen LogP contribution >= 0.6 is 9.39 Å². The van der Waals surface area contributed by atoms with Crippen molar-refractivity contribution < 1.29 is 0 Å². The van der Waals surface area contributed by atoms with E-state index in [9.17, 15) is 5.26 Å². The van der Waals surface area contributed by atoms with Crippen LogP contribution in [0.25, 0.3) is 0 Å². The molecule has 2 atom stereocenters. The molecule has 2 unspecified atom stereocenters. The van der Waals surface area contributed by atoms with Crippen LogP contribution in [-0.2, 0) is 12.0 Å². The van der Waals surface area contributed by atoms with Gasteiger partial charge in [-0.15, -0.1) is 10.2 Å². The zero-order chi connectivity index (χ0) is 24.6. The van der Waals surface area contributed by atoms with Gasteiger partial charge in [0.1, 0.15) is 11.6 Å². The van der Waals surface area contributed by atoms with Crippen LogP contribution in [0, 0.1) is 18.3 Å². The summed E-state index contributed by atoms with van der Waals surface area (Å²) in [6.45, 7) is 19.7. The first-order valence-electron chi connectivity index (χ1n) is 11.7. The maximum absolute atomic E-state index is 9.92.